The Kier molecular flexibility index (Phi) is 7.78. The predicted octanol–water partition coefficient (Wildman–Crippen LogP) is 6.62. The van der Waals surface area contributed by atoms with Crippen molar-refractivity contribution in [1.82, 2.24) is 14.9 Å². The molecule has 1 saturated carbocycles. The van der Waals surface area contributed by atoms with Gasteiger partial charge in [-0.1, -0.05) is 38.1 Å². The Hall–Kier alpha value is -3.03. The van der Waals surface area contributed by atoms with Crippen molar-refractivity contribution in [2.24, 2.45) is 17.1 Å². The van der Waals surface area contributed by atoms with E-state index in [0.29, 0.717) is 28.9 Å². The van der Waals surface area contributed by atoms with E-state index in [1.54, 1.807) is 24.7 Å². The van der Waals surface area contributed by atoms with E-state index in [1.165, 1.54) is 51.3 Å². The van der Waals surface area contributed by atoms with Crippen LogP contribution in [0.15, 0.2) is 55.0 Å². The van der Waals surface area contributed by atoms with Gasteiger partial charge in [-0.2, -0.15) is 0 Å². The molecule has 2 N–H and O–H groups in total. The summed E-state index contributed by atoms with van der Waals surface area (Å²) in [5, 5.41) is 0. The Labute approximate surface area is 237 Å². The number of benzene rings is 2. The lowest BCUT2D eigenvalue weighted by Gasteiger charge is -2.31. The van der Waals surface area contributed by atoms with Crippen LogP contribution in [0.4, 0.5) is 10.2 Å². The summed E-state index contributed by atoms with van der Waals surface area (Å²) in [6.07, 6.45) is 10.6. The molecule has 0 radical (unpaired) electrons. The fourth-order valence-electron chi connectivity index (χ4n) is 7.15. The van der Waals surface area contributed by atoms with Crippen molar-refractivity contribution in [3.63, 3.8) is 0 Å². The third kappa shape index (κ3) is 5.72. The highest BCUT2D eigenvalue weighted by molar-refractivity contribution is 5.74. The molecule has 1 aromatic heterocycles. The lowest BCUT2D eigenvalue weighted by Crippen LogP contribution is -2.35. The van der Waals surface area contributed by atoms with Crippen LogP contribution >= 0.6 is 0 Å². The van der Waals surface area contributed by atoms with Gasteiger partial charge in [-0.05, 0) is 86.2 Å². The van der Waals surface area contributed by atoms with Gasteiger partial charge in [0, 0.05) is 43.2 Å². The molecule has 1 unspecified atom stereocenters. The minimum absolute atomic E-state index is 0.284. The second-order valence-corrected chi connectivity index (χ2v) is 12.6. The maximum Gasteiger partial charge on any atom is 0.188 e. The molecule has 3 aromatic rings. The topological polar surface area (TPSA) is 67.5 Å². The van der Waals surface area contributed by atoms with E-state index in [1.807, 2.05) is 18.2 Å². The first-order valence-electron chi connectivity index (χ1n) is 15.0. The molecule has 1 aliphatic carbocycles. The molecular weight excluding hydrogens is 501 g/mol. The fraction of sp³-hybridized carbons (Fsp3) is 0.515. The van der Waals surface area contributed by atoms with E-state index in [4.69, 9.17) is 10.5 Å². The zero-order chi connectivity index (χ0) is 27.7. The van der Waals surface area contributed by atoms with Gasteiger partial charge in [0.25, 0.3) is 0 Å². The van der Waals surface area contributed by atoms with Crippen LogP contribution in [-0.2, 0) is 0 Å². The summed E-state index contributed by atoms with van der Waals surface area (Å²) in [4.78, 5) is 14.0. The zero-order valence-corrected chi connectivity index (χ0v) is 23.9. The Bertz CT molecular complexity index is 1320. The largest absolute Gasteiger partial charge is 0.451 e. The van der Waals surface area contributed by atoms with E-state index < -0.39 is 0 Å². The van der Waals surface area contributed by atoms with E-state index >= 15 is 0 Å². The van der Waals surface area contributed by atoms with Crippen LogP contribution in [0.5, 0.6) is 11.5 Å². The quantitative estimate of drug-likeness (QED) is 0.361. The predicted molar refractivity (Wildman–Crippen MR) is 158 cm³/mol. The molecule has 7 heteroatoms. The number of aromatic nitrogens is 2. The molecule has 1 atom stereocenters. The summed E-state index contributed by atoms with van der Waals surface area (Å²) in [5.41, 5.74) is 9.32. The lowest BCUT2D eigenvalue weighted by molar-refractivity contribution is 0.205. The van der Waals surface area contributed by atoms with Crippen molar-refractivity contribution >= 4 is 5.82 Å². The first-order chi connectivity index (χ1) is 19.4. The summed E-state index contributed by atoms with van der Waals surface area (Å²) in [7, 11) is 0. The van der Waals surface area contributed by atoms with Gasteiger partial charge in [0.2, 0.25) is 0 Å². The van der Waals surface area contributed by atoms with Gasteiger partial charge >= 0.3 is 0 Å². The number of nitrogens with zero attached hydrogens (tertiary/aromatic N) is 4. The summed E-state index contributed by atoms with van der Waals surface area (Å²) in [5.74, 6) is 2.85. The number of nitrogens with two attached hydrogens (primary N) is 1. The van der Waals surface area contributed by atoms with Crippen LogP contribution in [0.1, 0.15) is 63.9 Å². The normalized spacial score (nSPS) is 25.3. The van der Waals surface area contributed by atoms with Crippen LogP contribution < -0.4 is 15.4 Å². The van der Waals surface area contributed by atoms with Gasteiger partial charge in [0.1, 0.15) is 17.9 Å². The molecule has 40 heavy (non-hydrogen) atoms. The monoisotopic (exact) mass is 543 g/mol. The van der Waals surface area contributed by atoms with Crippen molar-refractivity contribution in [3.05, 3.63) is 66.4 Å². The summed E-state index contributed by atoms with van der Waals surface area (Å²) in [6.45, 7) is 9.77. The number of ether oxygens (including phenoxy) is 1. The summed E-state index contributed by atoms with van der Waals surface area (Å²) in [6, 6.07) is 13.3. The maximum atomic E-state index is 14.5. The fourth-order valence-corrected chi connectivity index (χ4v) is 7.15. The number of hydrogen-bond acceptors (Lipinski definition) is 6. The number of anilines is 1. The summed E-state index contributed by atoms with van der Waals surface area (Å²) >= 11 is 0. The molecule has 6 nitrogen and oxygen atoms in total. The standard InChI is InChI=1S/C33H42FN5O/c1-23(2)27-5-3-4-6-28(27)29-17-25(34)9-12-30(29)40-31-18-36-22-37-32(31)39-16-14-33(21-39)13-15-38(20-33)19-24-7-10-26(35)11-8-24/h3-6,9,12,17-18,22-24,26H,7-8,10-11,13-16,19-21,35H2,1-2H3. The maximum absolute atomic E-state index is 14.5. The molecule has 3 aliphatic rings. The molecule has 0 amide bonds. The number of hydrogen-bond donors (Lipinski definition) is 1. The van der Waals surface area contributed by atoms with Gasteiger partial charge in [0.15, 0.2) is 11.6 Å². The molecule has 2 aliphatic heterocycles. The highest BCUT2D eigenvalue weighted by Gasteiger charge is 2.44. The minimum Gasteiger partial charge on any atom is -0.451 e. The Morgan fingerprint density at radius 3 is 2.62 bits per heavy atom. The van der Waals surface area contributed by atoms with Crippen LogP contribution in [0, 0.1) is 17.2 Å². The number of rotatable bonds is 7. The van der Waals surface area contributed by atoms with Crippen molar-refractivity contribution in [3.8, 4) is 22.6 Å². The number of halogens is 1. The molecule has 0 bridgehead atoms. The summed E-state index contributed by atoms with van der Waals surface area (Å²) < 4.78 is 21.0. The smallest absolute Gasteiger partial charge is 0.188 e. The Morgan fingerprint density at radius 1 is 1.00 bits per heavy atom. The average Bonchev–Trinajstić information content (AvgIpc) is 3.56. The molecule has 3 fully saturated rings. The number of likely N-dealkylation sites (tertiary alicyclic amines) is 1. The molecule has 3 heterocycles. The van der Waals surface area contributed by atoms with E-state index in [0.717, 1.165) is 54.5 Å². The molecule has 2 saturated heterocycles. The molecule has 212 valence electrons. The van der Waals surface area contributed by atoms with E-state index in [2.05, 4.69) is 39.7 Å². The van der Waals surface area contributed by atoms with Crippen molar-refractivity contribution in [2.75, 3.05) is 37.6 Å². The third-order valence-electron chi connectivity index (χ3n) is 9.36. The van der Waals surface area contributed by atoms with Crippen LogP contribution in [0.2, 0.25) is 0 Å². The average molecular weight is 544 g/mol. The van der Waals surface area contributed by atoms with Gasteiger partial charge in [-0.25, -0.2) is 14.4 Å². The van der Waals surface area contributed by atoms with Gasteiger partial charge in [0.05, 0.1) is 6.20 Å². The molecule has 6 rings (SSSR count). The Balaban J connectivity index is 1.19. The van der Waals surface area contributed by atoms with Crippen molar-refractivity contribution in [1.29, 1.82) is 0 Å². The first-order valence-corrected chi connectivity index (χ1v) is 15.0. The highest BCUT2D eigenvalue weighted by Crippen LogP contribution is 2.45. The molecule has 2 aromatic carbocycles. The van der Waals surface area contributed by atoms with Gasteiger partial charge in [-0.3, -0.25) is 0 Å². The lowest BCUT2D eigenvalue weighted by atomic mass is 9.85. The van der Waals surface area contributed by atoms with Crippen LogP contribution in [-0.4, -0.2) is 53.6 Å². The van der Waals surface area contributed by atoms with Crippen LogP contribution in [0.25, 0.3) is 11.1 Å². The van der Waals surface area contributed by atoms with E-state index in [-0.39, 0.29) is 5.82 Å². The van der Waals surface area contributed by atoms with Crippen molar-refractivity contribution in [2.45, 2.75) is 64.3 Å². The SMILES string of the molecule is CC(C)c1ccccc1-c1cc(F)ccc1Oc1cncnc1N1CCC2(CCN(CC3CCC(N)CC3)C2)C1. The molecular formula is C33H42FN5O. The minimum atomic E-state index is -0.284. The second-order valence-electron chi connectivity index (χ2n) is 12.6. The van der Waals surface area contributed by atoms with Crippen LogP contribution in [0.3, 0.4) is 0 Å². The third-order valence-corrected chi connectivity index (χ3v) is 9.36. The second kappa shape index (κ2) is 11.5. The highest BCUT2D eigenvalue weighted by atomic mass is 19.1. The van der Waals surface area contributed by atoms with Gasteiger partial charge < -0.3 is 20.3 Å². The first kappa shape index (κ1) is 27.2. The Morgan fingerprint density at radius 2 is 1.80 bits per heavy atom. The van der Waals surface area contributed by atoms with E-state index in [9.17, 15) is 4.39 Å². The van der Waals surface area contributed by atoms with Crippen molar-refractivity contribution < 1.29 is 9.13 Å². The molecule has 1 spiro atoms. The zero-order valence-electron chi connectivity index (χ0n) is 23.9. The van der Waals surface area contributed by atoms with Gasteiger partial charge in [-0.15, -0.1) is 0 Å².